The molecule has 0 aromatic rings. The summed E-state index contributed by atoms with van der Waals surface area (Å²) in [6, 6.07) is 0. The van der Waals surface area contributed by atoms with Gasteiger partial charge in [-0.25, -0.2) is 0 Å². The number of aliphatic hydroxyl groups is 4. The Morgan fingerprint density at radius 3 is 0.571 bits per heavy atom. The van der Waals surface area contributed by atoms with Gasteiger partial charge in [0.05, 0.1) is 0 Å². The molecule has 0 bridgehead atoms. The van der Waals surface area contributed by atoms with Crippen molar-refractivity contribution >= 4 is 0 Å². The van der Waals surface area contributed by atoms with Crippen LogP contribution in [0.4, 0.5) is 0 Å². The van der Waals surface area contributed by atoms with E-state index in [2.05, 4.69) is 27.7 Å². The third-order valence-electron chi connectivity index (χ3n) is 2.05. The number of aliphatic hydroxyl groups excluding tert-OH is 4. The van der Waals surface area contributed by atoms with Crippen LogP contribution >= 0.6 is 0 Å². The topological polar surface area (TPSA) is 80.9 Å². The van der Waals surface area contributed by atoms with Gasteiger partial charge in [-0.1, -0.05) is 53.4 Å². The molecule has 0 aliphatic heterocycles. The minimum atomic E-state index is 0. The van der Waals surface area contributed by atoms with Gasteiger partial charge in [0.15, 0.2) is 0 Å². The second-order valence-corrected chi connectivity index (χ2v) is 4.31. The standard InChI is InChI=1S/4C4H10O.Nd/c4*1-2-3-4-5;/h4*5H,2-4H2,1H3;. The summed E-state index contributed by atoms with van der Waals surface area (Å²) >= 11 is 0. The van der Waals surface area contributed by atoms with Crippen LogP contribution < -0.4 is 0 Å². The van der Waals surface area contributed by atoms with E-state index >= 15 is 0 Å². The molecule has 0 amide bonds. The first-order chi connectivity index (χ1) is 9.66. The summed E-state index contributed by atoms with van der Waals surface area (Å²) in [4.78, 5) is 0. The molecule has 0 unspecified atom stereocenters. The van der Waals surface area contributed by atoms with E-state index in [-0.39, 0.29) is 40.8 Å². The van der Waals surface area contributed by atoms with E-state index in [0.717, 1.165) is 51.4 Å². The monoisotopic (exact) mass is 438 g/mol. The van der Waals surface area contributed by atoms with Gasteiger partial charge < -0.3 is 20.4 Å². The van der Waals surface area contributed by atoms with Crippen LogP contribution in [0.2, 0.25) is 0 Å². The number of rotatable bonds is 8. The quantitative estimate of drug-likeness (QED) is 0.467. The van der Waals surface area contributed by atoms with Crippen molar-refractivity contribution in [2.45, 2.75) is 79.1 Å². The van der Waals surface area contributed by atoms with Crippen molar-refractivity contribution in [1.29, 1.82) is 0 Å². The molecule has 0 aliphatic rings. The molecule has 0 fully saturated rings. The van der Waals surface area contributed by atoms with Crippen molar-refractivity contribution in [1.82, 2.24) is 0 Å². The zero-order valence-electron chi connectivity index (χ0n) is 14.8. The largest absolute Gasteiger partial charge is 0.396 e. The Hall–Kier alpha value is 1.19. The average molecular weight is 441 g/mol. The molecule has 0 spiro atoms. The first-order valence-corrected chi connectivity index (χ1v) is 8.09. The average Bonchev–Trinajstić information content (AvgIpc) is 2.44. The summed E-state index contributed by atoms with van der Waals surface area (Å²) in [5, 5.41) is 32.3. The minimum absolute atomic E-state index is 0. The first kappa shape index (κ1) is 33.7. The normalized spacial score (nSPS) is 8.00. The fourth-order valence-corrected chi connectivity index (χ4v) is 0.632. The molecule has 4 nitrogen and oxygen atoms in total. The number of hydrogen-bond donors (Lipinski definition) is 4. The molecule has 4 N–H and O–H groups in total. The maximum atomic E-state index is 8.07. The molecular formula is C16H40NdO4. The summed E-state index contributed by atoms with van der Waals surface area (Å²) in [5.41, 5.74) is 0. The molecule has 0 aliphatic carbocycles. The van der Waals surface area contributed by atoms with E-state index in [0.29, 0.717) is 26.4 Å². The van der Waals surface area contributed by atoms with Crippen LogP contribution in [0.3, 0.4) is 0 Å². The van der Waals surface area contributed by atoms with Crippen molar-refractivity contribution in [2.75, 3.05) is 26.4 Å². The number of hydrogen-bond acceptors (Lipinski definition) is 4. The molecule has 132 valence electrons. The molecule has 0 atom stereocenters. The molecule has 0 radical (unpaired) electrons. The van der Waals surface area contributed by atoms with E-state index < -0.39 is 0 Å². The second kappa shape index (κ2) is 49.6. The Labute approximate surface area is 165 Å². The zero-order chi connectivity index (χ0) is 16.5. The molecule has 0 aromatic heterocycles. The number of unbranched alkanes of at least 4 members (excludes halogenated alkanes) is 4. The molecule has 0 aromatic carbocycles. The SMILES string of the molecule is CCCCO.CCCCO.CCCCO.CCCCO.[Nd]. The molecule has 0 saturated heterocycles. The van der Waals surface area contributed by atoms with Crippen LogP contribution in [-0.2, 0) is 0 Å². The van der Waals surface area contributed by atoms with Crippen molar-refractivity contribution < 1.29 is 61.3 Å². The van der Waals surface area contributed by atoms with Gasteiger partial charge in [0.25, 0.3) is 0 Å². The van der Waals surface area contributed by atoms with Crippen LogP contribution in [0.1, 0.15) is 79.1 Å². The Balaban J connectivity index is -0.0000000533. The Morgan fingerprint density at radius 2 is 0.571 bits per heavy atom. The van der Waals surface area contributed by atoms with Gasteiger partial charge in [-0.2, -0.15) is 0 Å². The second-order valence-electron chi connectivity index (χ2n) is 4.31. The maximum Gasteiger partial charge on any atom is 0.0430 e. The fraction of sp³-hybridized carbons (Fsp3) is 1.00. The van der Waals surface area contributed by atoms with Crippen LogP contribution in [0.25, 0.3) is 0 Å². The zero-order valence-corrected chi connectivity index (χ0v) is 18.0. The van der Waals surface area contributed by atoms with Gasteiger partial charge >= 0.3 is 0 Å². The molecular weight excluding hydrogens is 400 g/mol. The van der Waals surface area contributed by atoms with Gasteiger partial charge in [-0.05, 0) is 25.7 Å². The molecule has 0 rings (SSSR count). The summed E-state index contributed by atoms with van der Waals surface area (Å²) in [5.74, 6) is 0. The Bertz CT molecular complexity index is 74.3. The first-order valence-electron chi connectivity index (χ1n) is 8.09. The molecule has 5 heteroatoms. The fourth-order valence-electron chi connectivity index (χ4n) is 0.632. The van der Waals surface area contributed by atoms with Crippen molar-refractivity contribution in [3.63, 3.8) is 0 Å². The maximum absolute atomic E-state index is 8.07. The predicted octanol–water partition coefficient (Wildman–Crippen LogP) is 3.12. The van der Waals surface area contributed by atoms with Gasteiger partial charge in [0, 0.05) is 67.3 Å². The Kier molecular flexibility index (Phi) is 79.7. The van der Waals surface area contributed by atoms with Gasteiger partial charge in [-0.15, -0.1) is 0 Å². The summed E-state index contributed by atoms with van der Waals surface area (Å²) < 4.78 is 0. The van der Waals surface area contributed by atoms with Crippen LogP contribution in [-0.4, -0.2) is 46.9 Å². The Morgan fingerprint density at radius 1 is 0.429 bits per heavy atom. The van der Waals surface area contributed by atoms with Crippen LogP contribution in [0.15, 0.2) is 0 Å². The van der Waals surface area contributed by atoms with Crippen molar-refractivity contribution in [3.8, 4) is 0 Å². The molecule has 0 saturated carbocycles. The molecule has 21 heavy (non-hydrogen) atoms. The van der Waals surface area contributed by atoms with E-state index in [1.165, 1.54) is 0 Å². The van der Waals surface area contributed by atoms with E-state index in [1.54, 1.807) is 0 Å². The molecule has 0 heterocycles. The van der Waals surface area contributed by atoms with Gasteiger partial charge in [-0.3, -0.25) is 0 Å². The van der Waals surface area contributed by atoms with Crippen molar-refractivity contribution in [3.05, 3.63) is 0 Å². The summed E-state index contributed by atoms with van der Waals surface area (Å²) in [6.45, 7) is 9.58. The summed E-state index contributed by atoms with van der Waals surface area (Å²) in [6.07, 6.45) is 8.15. The van der Waals surface area contributed by atoms with Gasteiger partial charge in [0.2, 0.25) is 0 Å². The van der Waals surface area contributed by atoms with E-state index in [1.807, 2.05) is 0 Å². The summed E-state index contributed by atoms with van der Waals surface area (Å²) in [7, 11) is 0. The smallest absolute Gasteiger partial charge is 0.0430 e. The predicted molar refractivity (Wildman–Crippen MR) is 88.0 cm³/mol. The van der Waals surface area contributed by atoms with E-state index in [4.69, 9.17) is 20.4 Å². The van der Waals surface area contributed by atoms with Crippen LogP contribution in [0, 0.1) is 40.8 Å². The minimum Gasteiger partial charge on any atom is -0.396 e. The van der Waals surface area contributed by atoms with Gasteiger partial charge in [0.1, 0.15) is 0 Å². The van der Waals surface area contributed by atoms with Crippen LogP contribution in [0.5, 0.6) is 0 Å². The third kappa shape index (κ3) is 92.4. The van der Waals surface area contributed by atoms with Crippen molar-refractivity contribution in [2.24, 2.45) is 0 Å². The van der Waals surface area contributed by atoms with E-state index in [9.17, 15) is 0 Å². The third-order valence-corrected chi connectivity index (χ3v) is 2.05.